The molecule has 0 spiro atoms. The molecule has 1 aromatic heterocycles. The number of carbonyl (C=O) groups is 1. The van der Waals surface area contributed by atoms with Crippen molar-refractivity contribution in [2.75, 3.05) is 6.54 Å². The first kappa shape index (κ1) is 22.1. The molecule has 6 heteroatoms. The van der Waals surface area contributed by atoms with E-state index >= 15 is 0 Å². The summed E-state index contributed by atoms with van der Waals surface area (Å²) in [4.78, 5) is 13.5. The van der Waals surface area contributed by atoms with Gasteiger partial charge in [0, 0.05) is 12.1 Å². The lowest BCUT2D eigenvalue weighted by Gasteiger charge is -2.57. The van der Waals surface area contributed by atoms with Gasteiger partial charge in [-0.25, -0.2) is 0 Å². The van der Waals surface area contributed by atoms with E-state index in [-0.39, 0.29) is 23.7 Å². The summed E-state index contributed by atoms with van der Waals surface area (Å²) in [5.41, 5.74) is 6.35. The van der Waals surface area contributed by atoms with Crippen LogP contribution in [-0.4, -0.2) is 32.8 Å². The number of aliphatic hydroxyl groups is 1. The monoisotopic (exact) mass is 438 g/mol. The molecule has 4 aliphatic rings. The second kappa shape index (κ2) is 7.95. The van der Waals surface area contributed by atoms with Gasteiger partial charge in [0.05, 0.1) is 23.9 Å². The molecule has 4 aliphatic carbocycles. The van der Waals surface area contributed by atoms with Gasteiger partial charge in [-0.1, -0.05) is 6.92 Å². The van der Waals surface area contributed by atoms with E-state index in [1.165, 1.54) is 25.5 Å². The summed E-state index contributed by atoms with van der Waals surface area (Å²) >= 11 is 0. The number of carbonyl (C=O) groups excluding carboxylic acids is 1. The summed E-state index contributed by atoms with van der Waals surface area (Å²) in [6.07, 6.45) is 11.9. The standard InChI is InChI=1S/C26H38N4O2/c1-25(32)7-5-19-17(10-25)3-4-21-20(19)6-8-26(2)22(9-18(12-28)24(21)26)23(31)15-30-14-16(11-27)13-29-30/h13-14,17-22,24,32H,3-10,12,15,28H2,1-2H3/t17-,18?,19+,20-,21-,22-,24+,25-,26-/m1/s1. The number of rotatable bonds is 4. The molecule has 32 heavy (non-hydrogen) atoms. The number of nitriles is 1. The first-order valence-corrected chi connectivity index (χ1v) is 12.6. The normalized spacial score (nSPS) is 45.4. The zero-order chi connectivity index (χ0) is 22.7. The maximum atomic E-state index is 13.5. The Kier molecular flexibility index (Phi) is 5.49. The fourth-order valence-electron chi connectivity index (χ4n) is 8.89. The largest absolute Gasteiger partial charge is 0.390 e. The Hall–Kier alpha value is -1.71. The van der Waals surface area contributed by atoms with Crippen LogP contribution in [0, 0.1) is 58.2 Å². The first-order valence-electron chi connectivity index (χ1n) is 12.6. The molecule has 6 nitrogen and oxygen atoms in total. The minimum absolute atomic E-state index is 0.0144. The van der Waals surface area contributed by atoms with Crippen LogP contribution >= 0.6 is 0 Å². The molecular weight excluding hydrogens is 400 g/mol. The van der Waals surface area contributed by atoms with Gasteiger partial charge < -0.3 is 10.8 Å². The van der Waals surface area contributed by atoms with E-state index in [1.807, 2.05) is 6.92 Å². The maximum Gasteiger partial charge on any atom is 0.157 e. The molecule has 174 valence electrons. The topological polar surface area (TPSA) is 105 Å². The SMILES string of the molecule is C[C@@]1(O)CC[C@H]2[C@H](CC[C@@H]3[C@@H]2CC[C@]2(C)[C@@H](C(=O)Cn4cc(C#N)cn4)CC(CN)[C@@H]32)C1. The van der Waals surface area contributed by atoms with Gasteiger partial charge in [-0.15, -0.1) is 0 Å². The minimum atomic E-state index is -0.486. The van der Waals surface area contributed by atoms with Gasteiger partial charge in [0.25, 0.3) is 0 Å². The Balaban J connectivity index is 1.37. The molecule has 1 unspecified atom stereocenters. The molecule has 0 saturated heterocycles. The van der Waals surface area contributed by atoms with Crippen LogP contribution in [-0.2, 0) is 11.3 Å². The number of hydrogen-bond acceptors (Lipinski definition) is 5. The van der Waals surface area contributed by atoms with Crippen molar-refractivity contribution in [2.24, 2.45) is 52.6 Å². The predicted octanol–water partition coefficient (Wildman–Crippen LogP) is 3.53. The maximum absolute atomic E-state index is 13.5. The molecule has 0 amide bonds. The number of nitrogens with two attached hydrogens (primary N) is 1. The van der Waals surface area contributed by atoms with Crippen molar-refractivity contribution >= 4 is 5.78 Å². The summed E-state index contributed by atoms with van der Waals surface area (Å²) in [5, 5.41) is 23.9. The van der Waals surface area contributed by atoms with Crippen LogP contribution in [0.2, 0.25) is 0 Å². The number of Topliss-reactive ketones (excluding diaryl/α,β-unsaturated/α-hetero) is 1. The van der Waals surface area contributed by atoms with E-state index in [1.54, 1.807) is 10.9 Å². The van der Waals surface area contributed by atoms with Crippen LogP contribution in [0.4, 0.5) is 0 Å². The molecule has 0 aromatic carbocycles. The number of ketones is 1. The van der Waals surface area contributed by atoms with Gasteiger partial charge in [-0.05, 0) is 106 Å². The molecule has 3 N–H and O–H groups in total. The third-order valence-corrected chi connectivity index (χ3v) is 10.1. The Bertz CT molecular complexity index is 917. The molecule has 4 saturated carbocycles. The number of aromatic nitrogens is 2. The lowest BCUT2D eigenvalue weighted by Crippen LogP contribution is -2.52. The lowest BCUT2D eigenvalue weighted by atomic mass is 9.48. The van der Waals surface area contributed by atoms with Crippen molar-refractivity contribution in [1.29, 1.82) is 5.26 Å². The van der Waals surface area contributed by atoms with Crippen LogP contribution < -0.4 is 5.73 Å². The minimum Gasteiger partial charge on any atom is -0.390 e. The van der Waals surface area contributed by atoms with Crippen molar-refractivity contribution in [3.8, 4) is 6.07 Å². The van der Waals surface area contributed by atoms with Crippen LogP contribution in [0.3, 0.4) is 0 Å². The molecule has 4 fully saturated rings. The fourth-order valence-corrected chi connectivity index (χ4v) is 8.89. The van der Waals surface area contributed by atoms with Gasteiger partial charge in [0.2, 0.25) is 0 Å². The molecule has 9 atom stereocenters. The van der Waals surface area contributed by atoms with E-state index in [0.29, 0.717) is 35.8 Å². The smallest absolute Gasteiger partial charge is 0.157 e. The summed E-state index contributed by atoms with van der Waals surface area (Å²) in [5.74, 6) is 4.01. The van der Waals surface area contributed by atoms with Crippen molar-refractivity contribution < 1.29 is 9.90 Å². The van der Waals surface area contributed by atoms with E-state index in [4.69, 9.17) is 11.0 Å². The van der Waals surface area contributed by atoms with E-state index < -0.39 is 5.60 Å². The van der Waals surface area contributed by atoms with Gasteiger partial charge in [0.1, 0.15) is 6.07 Å². The quantitative estimate of drug-likeness (QED) is 0.748. The summed E-state index contributed by atoms with van der Waals surface area (Å²) in [6.45, 7) is 5.30. The highest BCUT2D eigenvalue weighted by molar-refractivity contribution is 5.82. The molecule has 0 aliphatic heterocycles. The fraction of sp³-hybridized carbons (Fsp3) is 0.808. The highest BCUT2D eigenvalue weighted by atomic mass is 16.3. The van der Waals surface area contributed by atoms with E-state index in [2.05, 4.69) is 18.1 Å². The van der Waals surface area contributed by atoms with Crippen molar-refractivity contribution in [2.45, 2.75) is 77.4 Å². The molecule has 0 bridgehead atoms. The Morgan fingerprint density at radius 2 is 2.03 bits per heavy atom. The Morgan fingerprint density at radius 1 is 1.25 bits per heavy atom. The third-order valence-electron chi connectivity index (χ3n) is 10.1. The Labute approximate surface area is 191 Å². The van der Waals surface area contributed by atoms with Crippen LogP contribution in [0.25, 0.3) is 0 Å². The first-order chi connectivity index (χ1) is 15.3. The van der Waals surface area contributed by atoms with Gasteiger partial charge in [-0.2, -0.15) is 10.4 Å². The van der Waals surface area contributed by atoms with Crippen LogP contribution in [0.1, 0.15) is 70.8 Å². The van der Waals surface area contributed by atoms with E-state index in [9.17, 15) is 9.90 Å². The average Bonchev–Trinajstić information content (AvgIpc) is 3.33. The zero-order valence-corrected chi connectivity index (χ0v) is 19.5. The summed E-state index contributed by atoms with van der Waals surface area (Å²) < 4.78 is 1.62. The molecular formula is C26H38N4O2. The lowest BCUT2D eigenvalue weighted by molar-refractivity contribution is -0.133. The summed E-state index contributed by atoms with van der Waals surface area (Å²) in [6, 6.07) is 2.09. The van der Waals surface area contributed by atoms with Crippen molar-refractivity contribution in [3.63, 3.8) is 0 Å². The molecule has 5 rings (SSSR count). The van der Waals surface area contributed by atoms with Gasteiger partial charge in [-0.3, -0.25) is 9.48 Å². The molecule has 1 heterocycles. The number of hydrogen-bond donors (Lipinski definition) is 2. The van der Waals surface area contributed by atoms with Gasteiger partial charge >= 0.3 is 0 Å². The summed E-state index contributed by atoms with van der Waals surface area (Å²) in [7, 11) is 0. The predicted molar refractivity (Wildman–Crippen MR) is 121 cm³/mol. The average molecular weight is 439 g/mol. The second-order valence-corrected chi connectivity index (χ2v) is 11.9. The van der Waals surface area contributed by atoms with Gasteiger partial charge in [0.15, 0.2) is 5.78 Å². The van der Waals surface area contributed by atoms with Crippen LogP contribution in [0.5, 0.6) is 0 Å². The Morgan fingerprint density at radius 3 is 2.75 bits per heavy atom. The third kappa shape index (κ3) is 3.53. The number of nitrogens with zero attached hydrogens (tertiary/aromatic N) is 3. The van der Waals surface area contributed by atoms with Crippen molar-refractivity contribution in [1.82, 2.24) is 9.78 Å². The highest BCUT2D eigenvalue weighted by Crippen LogP contribution is 2.66. The molecule has 0 radical (unpaired) electrons. The van der Waals surface area contributed by atoms with Crippen LogP contribution in [0.15, 0.2) is 12.4 Å². The van der Waals surface area contributed by atoms with Crippen molar-refractivity contribution in [3.05, 3.63) is 18.0 Å². The highest BCUT2D eigenvalue weighted by Gasteiger charge is 2.61. The zero-order valence-electron chi connectivity index (χ0n) is 19.5. The molecule has 1 aromatic rings. The van der Waals surface area contributed by atoms with E-state index in [0.717, 1.165) is 43.9 Å². The second-order valence-electron chi connectivity index (χ2n) is 11.9. The number of fused-ring (bicyclic) bond motifs is 5.